The molecule has 0 fully saturated rings. The lowest BCUT2D eigenvalue weighted by molar-refractivity contribution is -0.138. The van der Waals surface area contributed by atoms with Crippen molar-refractivity contribution in [3.63, 3.8) is 0 Å². The molecule has 3 N–H and O–H groups in total. The van der Waals surface area contributed by atoms with E-state index in [4.69, 9.17) is 26.5 Å². The monoisotopic (exact) mass is 406 g/mol. The third kappa shape index (κ3) is 9.72. The predicted molar refractivity (Wildman–Crippen MR) is 108 cm³/mol. The normalized spacial score (nSPS) is 15.5. The van der Waals surface area contributed by atoms with Crippen molar-refractivity contribution >= 4 is 25.2 Å². The number of hydrogen-bond acceptors (Lipinski definition) is 2. The second-order valence-electron chi connectivity index (χ2n) is 6.96. The van der Waals surface area contributed by atoms with Crippen molar-refractivity contribution in [2.24, 2.45) is 0 Å². The first kappa shape index (κ1) is 25.1. The van der Waals surface area contributed by atoms with Crippen LogP contribution in [0, 0.1) is 0 Å². The maximum atomic E-state index is 11.3. The highest BCUT2D eigenvalue weighted by atomic mass is 35.5. The molecular weight excluding hydrogens is 375 g/mol. The standard InChI is InChI=1S/C19H32ClO5P/c1-15(2)9-7-11-17(4)13-8-12-16(3)10-5-6-14-19(20,18(21)22)26(23,24)25/h9-10,13H,5-8,11-12,14H2,1-4H3,(H,21,22)(H2,23,24,25). The summed E-state index contributed by atoms with van der Waals surface area (Å²) in [5, 5.41) is 8.99. The van der Waals surface area contributed by atoms with Gasteiger partial charge in [0.25, 0.3) is 0 Å². The number of halogens is 1. The van der Waals surface area contributed by atoms with Crippen LogP contribution in [0.25, 0.3) is 0 Å². The molecule has 0 amide bonds. The molecule has 26 heavy (non-hydrogen) atoms. The van der Waals surface area contributed by atoms with Gasteiger partial charge in [0, 0.05) is 0 Å². The number of unbranched alkanes of at least 4 members (excludes halogenated alkanes) is 1. The van der Waals surface area contributed by atoms with Gasteiger partial charge in [-0.25, -0.2) is 4.79 Å². The summed E-state index contributed by atoms with van der Waals surface area (Å²) in [6, 6.07) is 0. The Labute approximate surface area is 162 Å². The quantitative estimate of drug-likeness (QED) is 0.165. The van der Waals surface area contributed by atoms with E-state index >= 15 is 0 Å². The van der Waals surface area contributed by atoms with Gasteiger partial charge in [-0.2, -0.15) is 0 Å². The lowest BCUT2D eigenvalue weighted by Crippen LogP contribution is -2.32. The Morgan fingerprint density at radius 2 is 1.42 bits per heavy atom. The molecule has 0 saturated heterocycles. The van der Waals surface area contributed by atoms with Crippen molar-refractivity contribution < 1.29 is 24.3 Å². The zero-order chi connectivity index (χ0) is 20.4. The molecule has 0 rings (SSSR count). The van der Waals surface area contributed by atoms with Crippen molar-refractivity contribution in [1.82, 2.24) is 0 Å². The molecule has 0 bridgehead atoms. The first-order chi connectivity index (χ1) is 11.9. The summed E-state index contributed by atoms with van der Waals surface area (Å²) < 4.78 is 8.77. The average molecular weight is 407 g/mol. The van der Waals surface area contributed by atoms with Crippen LogP contribution in [0.5, 0.6) is 0 Å². The van der Waals surface area contributed by atoms with Crippen LogP contribution in [0.1, 0.15) is 72.6 Å². The number of carboxylic acid groups (broad SMARTS) is 1. The Kier molecular flexibility index (Phi) is 11.4. The molecule has 0 heterocycles. The second kappa shape index (κ2) is 11.8. The Balaban J connectivity index is 4.32. The van der Waals surface area contributed by atoms with Crippen LogP contribution in [-0.2, 0) is 9.36 Å². The van der Waals surface area contributed by atoms with Crippen LogP contribution in [0.3, 0.4) is 0 Å². The van der Waals surface area contributed by atoms with Gasteiger partial charge in [0.15, 0.2) is 0 Å². The van der Waals surface area contributed by atoms with Crippen LogP contribution in [0.15, 0.2) is 34.9 Å². The van der Waals surface area contributed by atoms with Crippen molar-refractivity contribution in [3.8, 4) is 0 Å². The molecule has 0 spiro atoms. The van der Waals surface area contributed by atoms with Crippen LogP contribution in [-0.4, -0.2) is 25.5 Å². The van der Waals surface area contributed by atoms with Crippen molar-refractivity contribution in [1.29, 1.82) is 0 Å². The van der Waals surface area contributed by atoms with Crippen molar-refractivity contribution in [3.05, 3.63) is 34.9 Å². The first-order valence-electron chi connectivity index (χ1n) is 8.82. The van der Waals surface area contributed by atoms with Crippen LogP contribution in [0.2, 0.25) is 0 Å². The Morgan fingerprint density at radius 3 is 1.85 bits per heavy atom. The molecule has 0 saturated carbocycles. The fourth-order valence-corrected chi connectivity index (χ4v) is 3.23. The van der Waals surface area contributed by atoms with E-state index in [2.05, 4.69) is 32.9 Å². The SMILES string of the molecule is CC(C)=CCCC(C)=CCCC(C)=CCCCC(Cl)(C(=O)O)P(=O)(O)O. The molecule has 150 valence electrons. The molecule has 5 nitrogen and oxygen atoms in total. The molecule has 1 unspecified atom stereocenters. The lowest BCUT2D eigenvalue weighted by atomic mass is 10.0. The Hall–Kier alpha value is -0.870. The van der Waals surface area contributed by atoms with Gasteiger partial charge in [-0.15, -0.1) is 0 Å². The maximum Gasteiger partial charge on any atom is 0.357 e. The van der Waals surface area contributed by atoms with Crippen LogP contribution in [0.4, 0.5) is 0 Å². The number of hydrogen-bond donors (Lipinski definition) is 3. The number of allylic oxidation sites excluding steroid dienone is 6. The summed E-state index contributed by atoms with van der Waals surface area (Å²) in [5.74, 6) is -1.68. The molecule has 7 heteroatoms. The van der Waals surface area contributed by atoms with E-state index in [1.807, 2.05) is 13.0 Å². The molecule has 0 aliphatic carbocycles. The minimum atomic E-state index is -4.92. The molecule has 0 aromatic heterocycles. The number of rotatable bonds is 12. The van der Waals surface area contributed by atoms with Crippen LogP contribution < -0.4 is 0 Å². The summed E-state index contributed by atoms with van der Waals surface area (Å²) in [4.78, 5) is 29.4. The summed E-state index contributed by atoms with van der Waals surface area (Å²) in [7, 11) is -4.92. The highest BCUT2D eigenvalue weighted by Crippen LogP contribution is 2.56. The topological polar surface area (TPSA) is 94.8 Å². The van der Waals surface area contributed by atoms with Gasteiger partial charge in [-0.1, -0.05) is 46.5 Å². The fourth-order valence-electron chi connectivity index (χ4n) is 2.40. The van der Waals surface area contributed by atoms with Gasteiger partial charge in [-0.05, 0) is 72.6 Å². The third-order valence-electron chi connectivity index (χ3n) is 4.12. The summed E-state index contributed by atoms with van der Waals surface area (Å²) >= 11 is 5.65. The second-order valence-corrected chi connectivity index (χ2v) is 9.72. The smallest absolute Gasteiger partial charge is 0.357 e. The van der Waals surface area contributed by atoms with Gasteiger partial charge >= 0.3 is 13.6 Å². The van der Waals surface area contributed by atoms with E-state index in [1.165, 1.54) is 16.7 Å². The van der Waals surface area contributed by atoms with Gasteiger partial charge in [0.2, 0.25) is 4.62 Å². The van der Waals surface area contributed by atoms with E-state index < -0.39 is 18.2 Å². The van der Waals surface area contributed by atoms with E-state index in [9.17, 15) is 9.36 Å². The number of carboxylic acids is 1. The number of aliphatic carboxylic acids is 1. The molecule has 0 aliphatic heterocycles. The van der Waals surface area contributed by atoms with Gasteiger partial charge in [-0.3, -0.25) is 4.57 Å². The summed E-state index contributed by atoms with van der Waals surface area (Å²) in [5.41, 5.74) is 3.87. The molecule has 0 aliphatic rings. The van der Waals surface area contributed by atoms with Crippen molar-refractivity contribution in [2.45, 2.75) is 77.3 Å². The molecule has 0 aromatic carbocycles. The number of alkyl halides is 1. The third-order valence-corrected chi connectivity index (χ3v) is 6.47. The zero-order valence-corrected chi connectivity index (χ0v) is 17.8. The number of carbonyl (C=O) groups is 1. The summed E-state index contributed by atoms with van der Waals surface area (Å²) in [6.07, 6.45) is 11.0. The molecule has 1 atom stereocenters. The predicted octanol–water partition coefficient (Wildman–Crippen LogP) is 5.77. The van der Waals surface area contributed by atoms with Gasteiger partial charge in [0.05, 0.1) is 0 Å². The largest absolute Gasteiger partial charge is 0.479 e. The lowest BCUT2D eigenvalue weighted by Gasteiger charge is -2.22. The minimum absolute atomic E-state index is 0.276. The Bertz CT molecular complexity index is 599. The molecule has 0 aromatic rings. The minimum Gasteiger partial charge on any atom is -0.479 e. The maximum absolute atomic E-state index is 11.3. The van der Waals surface area contributed by atoms with E-state index in [0.717, 1.165) is 25.7 Å². The summed E-state index contributed by atoms with van der Waals surface area (Å²) in [6.45, 7) is 8.32. The average Bonchev–Trinajstić information content (AvgIpc) is 2.49. The zero-order valence-electron chi connectivity index (χ0n) is 16.2. The van der Waals surface area contributed by atoms with E-state index in [-0.39, 0.29) is 6.42 Å². The first-order valence-corrected chi connectivity index (χ1v) is 10.8. The van der Waals surface area contributed by atoms with Crippen molar-refractivity contribution in [2.75, 3.05) is 0 Å². The van der Waals surface area contributed by atoms with Crippen LogP contribution >= 0.6 is 19.2 Å². The highest BCUT2D eigenvalue weighted by Gasteiger charge is 2.51. The molecule has 0 radical (unpaired) electrons. The van der Waals surface area contributed by atoms with Gasteiger partial charge < -0.3 is 14.9 Å². The van der Waals surface area contributed by atoms with Gasteiger partial charge in [0.1, 0.15) is 0 Å². The van der Waals surface area contributed by atoms with E-state index in [0.29, 0.717) is 12.8 Å². The van der Waals surface area contributed by atoms with E-state index in [1.54, 1.807) is 0 Å². The Morgan fingerprint density at radius 1 is 0.962 bits per heavy atom. The highest BCUT2D eigenvalue weighted by molar-refractivity contribution is 7.57. The fraction of sp³-hybridized carbons (Fsp3) is 0.632. The molecular formula is C19H32ClO5P.